The van der Waals surface area contributed by atoms with E-state index < -0.39 is 5.54 Å². The molecule has 0 bridgehead atoms. The number of nitrogens with one attached hydrogen (secondary N) is 1. The first-order chi connectivity index (χ1) is 10.0. The van der Waals surface area contributed by atoms with Crippen LogP contribution in [0.5, 0.6) is 0 Å². The molecule has 21 heavy (non-hydrogen) atoms. The molecular formula is C14H21N3O4. The standard InChI is InChI=1S/C14H21N3O4/c1-10-16-11(8-21-10)13(19)17-6-4-5-14(17,9-20-3)7-12(18)15-2/h8H,4-7,9H2,1-3H3,(H,15,18)/t14-/m1/s1. The van der Waals surface area contributed by atoms with Crippen LogP contribution in [0.3, 0.4) is 0 Å². The second kappa shape index (κ2) is 6.26. The molecule has 1 aromatic heterocycles. The van der Waals surface area contributed by atoms with Crippen molar-refractivity contribution in [1.29, 1.82) is 0 Å². The van der Waals surface area contributed by atoms with Gasteiger partial charge in [-0.1, -0.05) is 0 Å². The number of aromatic nitrogens is 1. The third-order valence-electron chi connectivity index (χ3n) is 3.86. The van der Waals surface area contributed by atoms with Crippen LogP contribution < -0.4 is 5.32 Å². The van der Waals surface area contributed by atoms with E-state index in [0.29, 0.717) is 19.0 Å². The Kier molecular flexibility index (Phi) is 4.62. The van der Waals surface area contributed by atoms with Crippen molar-refractivity contribution in [1.82, 2.24) is 15.2 Å². The highest BCUT2D eigenvalue weighted by Crippen LogP contribution is 2.34. The Balaban J connectivity index is 2.26. The lowest BCUT2D eigenvalue weighted by molar-refractivity contribution is -0.123. The van der Waals surface area contributed by atoms with E-state index in [0.717, 1.165) is 12.8 Å². The van der Waals surface area contributed by atoms with E-state index in [1.807, 2.05) is 0 Å². The van der Waals surface area contributed by atoms with Gasteiger partial charge in [0, 0.05) is 27.6 Å². The normalized spacial score (nSPS) is 21.6. The highest BCUT2D eigenvalue weighted by atomic mass is 16.5. The number of aryl methyl sites for hydroxylation is 1. The molecule has 2 rings (SSSR count). The van der Waals surface area contributed by atoms with Crippen LogP contribution in [0.15, 0.2) is 10.7 Å². The quantitative estimate of drug-likeness (QED) is 0.866. The van der Waals surface area contributed by atoms with Crippen molar-refractivity contribution in [3.05, 3.63) is 17.8 Å². The number of nitrogens with zero attached hydrogens (tertiary/aromatic N) is 2. The Labute approximate surface area is 123 Å². The number of carbonyl (C=O) groups excluding carboxylic acids is 2. The summed E-state index contributed by atoms with van der Waals surface area (Å²) < 4.78 is 10.4. The number of likely N-dealkylation sites (tertiary alicyclic amines) is 1. The van der Waals surface area contributed by atoms with Crippen molar-refractivity contribution in [2.24, 2.45) is 0 Å². The second-order valence-corrected chi connectivity index (χ2v) is 5.32. The Hall–Kier alpha value is -1.89. The van der Waals surface area contributed by atoms with Gasteiger partial charge >= 0.3 is 0 Å². The molecule has 7 nitrogen and oxygen atoms in total. The Bertz CT molecular complexity index is 528. The molecule has 0 aliphatic carbocycles. The lowest BCUT2D eigenvalue weighted by atomic mass is 9.92. The molecule has 0 spiro atoms. The molecule has 7 heteroatoms. The van der Waals surface area contributed by atoms with Gasteiger partial charge in [-0.2, -0.15) is 0 Å². The van der Waals surface area contributed by atoms with Gasteiger partial charge in [-0.05, 0) is 12.8 Å². The van der Waals surface area contributed by atoms with Gasteiger partial charge in [0.2, 0.25) is 5.91 Å². The van der Waals surface area contributed by atoms with Gasteiger partial charge in [-0.3, -0.25) is 9.59 Å². The predicted octanol–water partition coefficient (Wildman–Crippen LogP) is 0.740. The summed E-state index contributed by atoms with van der Waals surface area (Å²) in [6.45, 7) is 2.60. The summed E-state index contributed by atoms with van der Waals surface area (Å²) in [5.74, 6) is 0.120. The fourth-order valence-electron chi connectivity index (χ4n) is 2.90. The second-order valence-electron chi connectivity index (χ2n) is 5.32. The smallest absolute Gasteiger partial charge is 0.276 e. The average molecular weight is 295 g/mol. The van der Waals surface area contributed by atoms with Crippen LogP contribution in [0.25, 0.3) is 0 Å². The lowest BCUT2D eigenvalue weighted by Gasteiger charge is -2.37. The number of hydrogen-bond acceptors (Lipinski definition) is 5. The molecule has 1 aliphatic rings. The first-order valence-corrected chi connectivity index (χ1v) is 6.96. The Morgan fingerprint density at radius 2 is 2.33 bits per heavy atom. The molecule has 1 atom stereocenters. The molecule has 1 fully saturated rings. The summed E-state index contributed by atoms with van der Waals surface area (Å²) in [6.07, 6.45) is 3.15. The zero-order valence-electron chi connectivity index (χ0n) is 12.6. The van der Waals surface area contributed by atoms with Crippen molar-refractivity contribution in [3.8, 4) is 0 Å². The summed E-state index contributed by atoms with van der Waals surface area (Å²) in [6, 6.07) is 0. The van der Waals surface area contributed by atoms with Crippen molar-refractivity contribution in [2.45, 2.75) is 31.7 Å². The fourth-order valence-corrected chi connectivity index (χ4v) is 2.90. The van der Waals surface area contributed by atoms with Gasteiger partial charge in [0.25, 0.3) is 5.91 Å². The summed E-state index contributed by atoms with van der Waals surface area (Å²) in [5, 5.41) is 2.61. The lowest BCUT2D eigenvalue weighted by Crippen LogP contribution is -2.52. The first-order valence-electron chi connectivity index (χ1n) is 6.96. The van der Waals surface area contributed by atoms with E-state index in [1.165, 1.54) is 6.26 Å². The molecule has 0 aromatic carbocycles. The minimum Gasteiger partial charge on any atom is -0.448 e. The molecule has 116 valence electrons. The molecule has 0 radical (unpaired) electrons. The van der Waals surface area contributed by atoms with Crippen molar-refractivity contribution in [2.75, 3.05) is 27.3 Å². The van der Waals surface area contributed by atoms with E-state index in [2.05, 4.69) is 10.3 Å². The van der Waals surface area contributed by atoms with Gasteiger partial charge in [-0.25, -0.2) is 4.98 Å². The monoisotopic (exact) mass is 295 g/mol. The highest BCUT2D eigenvalue weighted by molar-refractivity contribution is 5.93. The third kappa shape index (κ3) is 3.07. The van der Waals surface area contributed by atoms with Gasteiger partial charge in [0.1, 0.15) is 6.26 Å². The van der Waals surface area contributed by atoms with Crippen LogP contribution in [0, 0.1) is 6.92 Å². The Morgan fingerprint density at radius 3 is 2.90 bits per heavy atom. The number of oxazole rings is 1. The predicted molar refractivity (Wildman–Crippen MR) is 74.8 cm³/mol. The van der Waals surface area contributed by atoms with E-state index >= 15 is 0 Å². The van der Waals surface area contributed by atoms with Crippen LogP contribution in [0.2, 0.25) is 0 Å². The molecule has 1 aliphatic heterocycles. The number of ether oxygens (including phenoxy) is 1. The summed E-state index contributed by atoms with van der Waals surface area (Å²) in [4.78, 5) is 30.2. The van der Waals surface area contributed by atoms with Crippen molar-refractivity contribution < 1.29 is 18.7 Å². The van der Waals surface area contributed by atoms with Crippen LogP contribution in [-0.2, 0) is 9.53 Å². The van der Waals surface area contributed by atoms with Crippen LogP contribution in [-0.4, -0.2) is 54.5 Å². The maximum Gasteiger partial charge on any atom is 0.276 e. The number of amides is 2. The number of hydrogen-bond donors (Lipinski definition) is 1. The van der Waals surface area contributed by atoms with Crippen LogP contribution in [0.4, 0.5) is 0 Å². The summed E-state index contributed by atoms with van der Waals surface area (Å²) in [5.41, 5.74) is -0.342. The molecular weight excluding hydrogens is 274 g/mol. The van der Waals surface area contributed by atoms with Crippen molar-refractivity contribution in [3.63, 3.8) is 0 Å². The highest BCUT2D eigenvalue weighted by Gasteiger charge is 2.45. The largest absolute Gasteiger partial charge is 0.448 e. The molecule has 0 unspecified atom stereocenters. The molecule has 0 saturated carbocycles. The SMILES string of the molecule is CNC(=O)C[C@@]1(COC)CCCN1C(=O)c1coc(C)n1. The molecule has 2 heterocycles. The molecule has 1 aromatic rings. The first kappa shape index (κ1) is 15.5. The van der Waals surface area contributed by atoms with Gasteiger partial charge in [0.15, 0.2) is 11.6 Å². The van der Waals surface area contributed by atoms with E-state index in [-0.39, 0.29) is 23.9 Å². The maximum absolute atomic E-state index is 12.6. The number of carbonyl (C=O) groups is 2. The maximum atomic E-state index is 12.6. The van der Waals surface area contributed by atoms with Crippen LogP contribution in [0.1, 0.15) is 35.6 Å². The minimum absolute atomic E-state index is 0.108. The van der Waals surface area contributed by atoms with Gasteiger partial charge in [0.05, 0.1) is 18.6 Å². The molecule has 1 N–H and O–H groups in total. The van der Waals surface area contributed by atoms with E-state index in [9.17, 15) is 9.59 Å². The zero-order valence-corrected chi connectivity index (χ0v) is 12.6. The average Bonchev–Trinajstić information content (AvgIpc) is 3.05. The minimum atomic E-state index is -0.612. The third-order valence-corrected chi connectivity index (χ3v) is 3.86. The number of rotatable bonds is 5. The molecule has 2 amide bonds. The van der Waals surface area contributed by atoms with E-state index in [4.69, 9.17) is 9.15 Å². The van der Waals surface area contributed by atoms with Gasteiger partial charge in [-0.15, -0.1) is 0 Å². The molecule has 1 saturated heterocycles. The topological polar surface area (TPSA) is 84.7 Å². The van der Waals surface area contributed by atoms with Crippen LogP contribution >= 0.6 is 0 Å². The van der Waals surface area contributed by atoms with Gasteiger partial charge < -0.3 is 19.4 Å². The summed E-state index contributed by atoms with van der Waals surface area (Å²) >= 11 is 0. The van der Waals surface area contributed by atoms with E-state index in [1.54, 1.807) is 26.0 Å². The summed E-state index contributed by atoms with van der Waals surface area (Å²) in [7, 11) is 3.16. The zero-order chi connectivity index (χ0) is 15.5. The fraction of sp³-hybridized carbons (Fsp3) is 0.643. The number of methoxy groups -OCH3 is 1. The van der Waals surface area contributed by atoms with Crippen molar-refractivity contribution >= 4 is 11.8 Å². The Morgan fingerprint density at radius 1 is 1.57 bits per heavy atom.